The van der Waals surface area contributed by atoms with Crippen LogP contribution in [0.2, 0.25) is 0 Å². The van der Waals surface area contributed by atoms with Gasteiger partial charge in [0.25, 0.3) is 0 Å². The summed E-state index contributed by atoms with van der Waals surface area (Å²) in [6, 6.07) is 5.37. The van der Waals surface area contributed by atoms with Gasteiger partial charge in [-0.15, -0.1) is 5.10 Å². The van der Waals surface area contributed by atoms with Gasteiger partial charge in [0, 0.05) is 36.4 Å². The van der Waals surface area contributed by atoms with E-state index in [2.05, 4.69) is 37.3 Å². The number of nitrogens with zero attached hydrogens (tertiary/aromatic N) is 8. The van der Waals surface area contributed by atoms with Crippen molar-refractivity contribution in [1.82, 2.24) is 39.3 Å². The summed E-state index contributed by atoms with van der Waals surface area (Å²) in [4.78, 5) is 29.7. The Labute approximate surface area is 235 Å². The zero-order valence-corrected chi connectivity index (χ0v) is 22.4. The van der Waals surface area contributed by atoms with Gasteiger partial charge in [-0.25, -0.2) is 19.5 Å². The summed E-state index contributed by atoms with van der Waals surface area (Å²) < 4.78 is 59.6. The van der Waals surface area contributed by atoms with E-state index in [1.54, 1.807) is 0 Å². The number of hydrogen-bond acceptors (Lipinski definition) is 7. The van der Waals surface area contributed by atoms with Crippen molar-refractivity contribution in [1.29, 1.82) is 0 Å². The molecule has 2 atom stereocenters. The van der Waals surface area contributed by atoms with Crippen LogP contribution in [0.25, 0.3) is 17.2 Å². The second-order valence-electron chi connectivity index (χ2n) is 11.2. The Balaban J connectivity index is 1.27. The first kappa shape index (κ1) is 26.2. The molecule has 2 aliphatic rings. The van der Waals surface area contributed by atoms with Gasteiger partial charge in [-0.2, -0.15) is 22.7 Å². The first-order valence-electron chi connectivity index (χ1n) is 13.2. The molecule has 5 aromatic heterocycles. The third-order valence-corrected chi connectivity index (χ3v) is 8.23. The van der Waals surface area contributed by atoms with Crippen molar-refractivity contribution >= 4 is 17.2 Å². The van der Waals surface area contributed by atoms with E-state index in [0.29, 0.717) is 17.0 Å². The van der Waals surface area contributed by atoms with E-state index in [1.165, 1.54) is 35.2 Å². The molecule has 7 rings (SSSR count). The number of carbonyl (C=O) groups excluding carboxylic acids is 1. The molecular formula is C28H23F4N9O. The fourth-order valence-corrected chi connectivity index (χ4v) is 5.71. The summed E-state index contributed by atoms with van der Waals surface area (Å²) in [5.74, 6) is -2.33. The number of pyridine rings is 1. The minimum absolute atomic E-state index is 0.0711. The number of aromatic nitrogens is 8. The third kappa shape index (κ3) is 4.11. The number of hydrogen-bond donors (Lipinski definition) is 1. The predicted molar refractivity (Wildman–Crippen MR) is 141 cm³/mol. The minimum atomic E-state index is -4.78. The van der Waals surface area contributed by atoms with Gasteiger partial charge in [0.2, 0.25) is 11.9 Å². The number of rotatable bonds is 5. The van der Waals surface area contributed by atoms with Crippen LogP contribution in [0.1, 0.15) is 61.5 Å². The Bertz CT molecular complexity index is 1860. The molecule has 214 valence electrons. The zero-order valence-electron chi connectivity index (χ0n) is 22.4. The lowest BCUT2D eigenvalue weighted by atomic mass is 9.82. The number of halogens is 4. The summed E-state index contributed by atoms with van der Waals surface area (Å²) in [5, 5.41) is 11.4. The van der Waals surface area contributed by atoms with Gasteiger partial charge in [-0.1, -0.05) is 0 Å². The van der Waals surface area contributed by atoms with Gasteiger partial charge in [0.05, 0.1) is 45.7 Å². The maximum absolute atomic E-state index is 14.3. The van der Waals surface area contributed by atoms with Crippen LogP contribution >= 0.6 is 0 Å². The maximum atomic E-state index is 14.3. The van der Waals surface area contributed by atoms with E-state index in [-0.39, 0.29) is 29.1 Å². The lowest BCUT2D eigenvalue weighted by Gasteiger charge is -2.24. The van der Waals surface area contributed by atoms with E-state index >= 15 is 0 Å². The highest BCUT2D eigenvalue weighted by Crippen LogP contribution is 2.50. The van der Waals surface area contributed by atoms with Crippen molar-refractivity contribution in [3.05, 3.63) is 83.7 Å². The van der Waals surface area contributed by atoms with Crippen LogP contribution in [0.3, 0.4) is 0 Å². The topological polar surface area (TPSA) is 116 Å². The molecule has 0 spiro atoms. The van der Waals surface area contributed by atoms with E-state index in [9.17, 15) is 22.4 Å². The summed E-state index contributed by atoms with van der Waals surface area (Å²) in [6.45, 7) is 4.01. The van der Waals surface area contributed by atoms with Crippen LogP contribution in [0.15, 0.2) is 55.2 Å². The highest BCUT2D eigenvalue weighted by molar-refractivity contribution is 5.97. The standard InChI is InChI=1S/C28H23F4N9O/c1-26(5-6-26)40-9-4-19(38-40)27(2)12-16(17-14-35-21-11-20(29)39-41(21)23(17)27)25(42)37-15-10-18(28(30,31)32)22(36-13-15)24-33-7-3-8-34-24/h3-4,7-11,13-14,16H,5-6,12H2,1-2H3,(H,37,42)/t16-,27-/m1/s1. The number of carbonyl (C=O) groups is 1. The van der Waals surface area contributed by atoms with Gasteiger partial charge >= 0.3 is 6.18 Å². The molecule has 0 unspecified atom stereocenters. The van der Waals surface area contributed by atoms with Crippen molar-refractivity contribution in [2.45, 2.75) is 56.2 Å². The largest absolute Gasteiger partial charge is 0.418 e. The van der Waals surface area contributed by atoms with Crippen molar-refractivity contribution in [2.75, 3.05) is 5.32 Å². The Morgan fingerprint density at radius 2 is 1.81 bits per heavy atom. The molecule has 0 radical (unpaired) electrons. The number of anilines is 1. The predicted octanol–water partition coefficient (Wildman–Crippen LogP) is 4.88. The smallest absolute Gasteiger partial charge is 0.324 e. The normalized spacial score (nSPS) is 21.0. The van der Waals surface area contributed by atoms with Gasteiger partial charge in [-0.3, -0.25) is 14.5 Å². The van der Waals surface area contributed by atoms with Crippen molar-refractivity contribution < 1.29 is 22.4 Å². The molecule has 42 heavy (non-hydrogen) atoms. The number of amides is 1. The molecule has 10 nitrogen and oxygen atoms in total. The molecule has 14 heteroatoms. The van der Waals surface area contributed by atoms with E-state index in [4.69, 9.17) is 5.10 Å². The molecule has 0 aromatic carbocycles. The molecule has 5 heterocycles. The summed E-state index contributed by atoms with van der Waals surface area (Å²) in [6.07, 6.45) is 4.58. The van der Waals surface area contributed by atoms with Crippen molar-refractivity contribution in [3.63, 3.8) is 0 Å². The van der Waals surface area contributed by atoms with Gasteiger partial charge < -0.3 is 5.32 Å². The van der Waals surface area contributed by atoms with Gasteiger partial charge in [0.15, 0.2) is 11.5 Å². The summed E-state index contributed by atoms with van der Waals surface area (Å²) >= 11 is 0. The molecule has 1 N–H and O–H groups in total. The van der Waals surface area contributed by atoms with E-state index in [1.807, 2.05) is 23.9 Å². The average Bonchev–Trinajstić information content (AvgIpc) is 3.30. The Kier molecular flexibility index (Phi) is 5.53. The van der Waals surface area contributed by atoms with Crippen LogP contribution in [0, 0.1) is 5.95 Å². The SMILES string of the molecule is CC1(n2ccc([C@@]3(C)C[C@@H](C(=O)Nc4cnc(-c5ncccn5)c(C(F)(F)F)c4)c4cnc5cc(F)nn5c43)n2)CC1. The number of fused-ring (bicyclic) bond motifs is 3. The molecule has 1 fully saturated rings. The fraction of sp³-hybridized carbons (Fsp3) is 0.321. The number of nitrogens with one attached hydrogen (secondary N) is 1. The first-order valence-corrected chi connectivity index (χ1v) is 13.2. The maximum Gasteiger partial charge on any atom is 0.418 e. The van der Waals surface area contributed by atoms with Gasteiger partial charge in [-0.05, 0) is 51.3 Å². The zero-order chi connectivity index (χ0) is 29.4. The average molecular weight is 578 g/mol. The highest BCUT2D eigenvalue weighted by Gasteiger charge is 2.49. The molecule has 0 bridgehead atoms. The second kappa shape index (κ2) is 8.87. The quantitative estimate of drug-likeness (QED) is 0.296. The molecular weight excluding hydrogens is 554 g/mol. The van der Waals surface area contributed by atoms with E-state index in [0.717, 1.165) is 25.1 Å². The molecule has 2 aliphatic carbocycles. The van der Waals surface area contributed by atoms with E-state index < -0.39 is 40.6 Å². The summed E-state index contributed by atoms with van der Waals surface area (Å²) in [7, 11) is 0. The van der Waals surface area contributed by atoms with Crippen LogP contribution in [0.4, 0.5) is 23.2 Å². The molecule has 1 amide bonds. The van der Waals surface area contributed by atoms with Gasteiger partial charge in [0.1, 0.15) is 5.69 Å². The lowest BCUT2D eigenvalue weighted by Crippen LogP contribution is -2.27. The monoisotopic (exact) mass is 577 g/mol. The fourth-order valence-electron chi connectivity index (χ4n) is 5.71. The second-order valence-corrected chi connectivity index (χ2v) is 11.2. The van der Waals surface area contributed by atoms with Crippen LogP contribution in [-0.4, -0.2) is 45.2 Å². The lowest BCUT2D eigenvalue weighted by molar-refractivity contribution is -0.137. The molecule has 1 saturated carbocycles. The molecule has 0 aliphatic heterocycles. The Morgan fingerprint density at radius 1 is 1.05 bits per heavy atom. The van der Waals surface area contributed by atoms with Crippen molar-refractivity contribution in [3.8, 4) is 11.5 Å². The highest BCUT2D eigenvalue weighted by atomic mass is 19.4. The van der Waals surface area contributed by atoms with Crippen LogP contribution in [-0.2, 0) is 21.9 Å². The summed E-state index contributed by atoms with van der Waals surface area (Å²) in [5.41, 5.74) is -0.661. The Hall–Kier alpha value is -4.75. The molecule has 5 aromatic rings. The number of alkyl halides is 3. The van der Waals surface area contributed by atoms with Crippen molar-refractivity contribution in [2.24, 2.45) is 0 Å². The minimum Gasteiger partial charge on any atom is -0.324 e. The van der Waals surface area contributed by atoms with Crippen LogP contribution in [0.5, 0.6) is 0 Å². The first-order chi connectivity index (χ1) is 20.0. The molecule has 0 saturated heterocycles. The Morgan fingerprint density at radius 3 is 2.52 bits per heavy atom. The van der Waals surface area contributed by atoms with Crippen LogP contribution < -0.4 is 5.32 Å². The third-order valence-electron chi connectivity index (χ3n) is 8.23.